The Morgan fingerprint density at radius 3 is 2.64 bits per heavy atom. The van der Waals surface area contributed by atoms with Crippen molar-refractivity contribution in [3.63, 3.8) is 0 Å². The summed E-state index contributed by atoms with van der Waals surface area (Å²) in [6.45, 7) is 1.95. The van der Waals surface area contributed by atoms with Crippen molar-refractivity contribution in [1.29, 1.82) is 0 Å². The van der Waals surface area contributed by atoms with Crippen molar-refractivity contribution in [2.24, 2.45) is 5.73 Å². The topological polar surface area (TPSA) is 26.0 Å². The molecule has 1 nitrogen and oxygen atoms in total. The molecule has 0 heterocycles. The zero-order valence-corrected chi connectivity index (χ0v) is 8.81. The van der Waals surface area contributed by atoms with Crippen molar-refractivity contribution in [3.8, 4) is 0 Å². The molecule has 1 aliphatic rings. The Morgan fingerprint density at radius 1 is 1.50 bits per heavy atom. The maximum atomic E-state index is 13.1. The molecule has 1 unspecified atom stereocenters. The third-order valence-corrected chi connectivity index (χ3v) is 3.45. The van der Waals surface area contributed by atoms with E-state index < -0.39 is 0 Å². The molecule has 0 aliphatic heterocycles. The number of nitrogens with two attached hydrogens (primary N) is 1. The number of hydrogen-bond donors (Lipinski definition) is 1. The van der Waals surface area contributed by atoms with E-state index >= 15 is 0 Å². The van der Waals surface area contributed by atoms with E-state index in [0.717, 1.165) is 18.4 Å². The SMILES string of the molecule is CC(N)C1(c2cc(F)ccc2Cl)CC1. The van der Waals surface area contributed by atoms with Crippen LogP contribution in [0.1, 0.15) is 25.3 Å². The van der Waals surface area contributed by atoms with E-state index in [1.165, 1.54) is 12.1 Å². The third-order valence-electron chi connectivity index (χ3n) is 3.13. The number of benzene rings is 1. The second-order valence-corrected chi connectivity index (χ2v) is 4.48. The summed E-state index contributed by atoms with van der Waals surface area (Å²) in [5.74, 6) is -0.240. The highest BCUT2D eigenvalue weighted by molar-refractivity contribution is 6.31. The summed E-state index contributed by atoms with van der Waals surface area (Å²) in [5.41, 5.74) is 6.70. The van der Waals surface area contributed by atoms with Gasteiger partial charge in [0.1, 0.15) is 5.82 Å². The molecule has 0 spiro atoms. The van der Waals surface area contributed by atoms with Crippen LogP contribution in [-0.2, 0) is 5.41 Å². The van der Waals surface area contributed by atoms with E-state index in [0.29, 0.717) is 5.02 Å². The molecule has 1 aromatic carbocycles. The second kappa shape index (κ2) is 3.21. The average Bonchev–Trinajstić information content (AvgIpc) is 2.90. The summed E-state index contributed by atoms with van der Waals surface area (Å²) in [5, 5.41) is 0.626. The van der Waals surface area contributed by atoms with E-state index in [-0.39, 0.29) is 17.3 Å². The highest BCUT2D eigenvalue weighted by Crippen LogP contribution is 2.52. The minimum Gasteiger partial charge on any atom is -0.327 e. The van der Waals surface area contributed by atoms with Crippen molar-refractivity contribution in [2.75, 3.05) is 0 Å². The molecule has 1 aromatic rings. The van der Waals surface area contributed by atoms with Gasteiger partial charge in [0.25, 0.3) is 0 Å². The van der Waals surface area contributed by atoms with Crippen LogP contribution < -0.4 is 5.73 Å². The van der Waals surface area contributed by atoms with Gasteiger partial charge in [0.15, 0.2) is 0 Å². The van der Waals surface area contributed by atoms with Crippen molar-refractivity contribution in [1.82, 2.24) is 0 Å². The maximum absolute atomic E-state index is 13.1. The smallest absolute Gasteiger partial charge is 0.123 e. The van der Waals surface area contributed by atoms with Crippen LogP contribution in [0.25, 0.3) is 0 Å². The first kappa shape index (κ1) is 9.94. The van der Waals surface area contributed by atoms with E-state index in [9.17, 15) is 4.39 Å². The molecule has 0 amide bonds. The number of rotatable bonds is 2. The molecule has 0 saturated heterocycles. The van der Waals surface area contributed by atoms with Crippen LogP contribution in [0.3, 0.4) is 0 Å². The monoisotopic (exact) mass is 213 g/mol. The molecule has 0 bridgehead atoms. The summed E-state index contributed by atoms with van der Waals surface area (Å²) in [4.78, 5) is 0. The van der Waals surface area contributed by atoms with E-state index in [1.54, 1.807) is 6.07 Å². The third kappa shape index (κ3) is 1.43. The van der Waals surface area contributed by atoms with Gasteiger partial charge in [-0.25, -0.2) is 4.39 Å². The summed E-state index contributed by atoms with van der Waals surface area (Å²) in [7, 11) is 0. The Labute approximate surface area is 88.1 Å². The average molecular weight is 214 g/mol. The summed E-state index contributed by atoms with van der Waals surface area (Å²) < 4.78 is 13.1. The zero-order valence-electron chi connectivity index (χ0n) is 8.06. The van der Waals surface area contributed by atoms with Gasteiger partial charge in [-0.05, 0) is 43.5 Å². The van der Waals surface area contributed by atoms with Crippen LogP contribution in [0.15, 0.2) is 18.2 Å². The van der Waals surface area contributed by atoms with Gasteiger partial charge in [0, 0.05) is 16.5 Å². The quantitative estimate of drug-likeness (QED) is 0.803. The van der Waals surface area contributed by atoms with Gasteiger partial charge in [-0.15, -0.1) is 0 Å². The lowest BCUT2D eigenvalue weighted by molar-refractivity contribution is 0.548. The van der Waals surface area contributed by atoms with Gasteiger partial charge >= 0.3 is 0 Å². The number of halogens is 2. The lowest BCUT2D eigenvalue weighted by Gasteiger charge is -2.21. The molecule has 0 radical (unpaired) electrons. The fraction of sp³-hybridized carbons (Fsp3) is 0.455. The van der Waals surface area contributed by atoms with Gasteiger partial charge in [0.05, 0.1) is 0 Å². The molecule has 1 fully saturated rings. The first-order chi connectivity index (χ1) is 6.56. The van der Waals surface area contributed by atoms with Crippen LogP contribution >= 0.6 is 11.6 Å². The molecule has 1 aliphatic carbocycles. The Morgan fingerprint density at radius 2 is 2.14 bits per heavy atom. The predicted octanol–water partition coefficient (Wildman–Crippen LogP) is 2.86. The first-order valence-corrected chi connectivity index (χ1v) is 5.15. The van der Waals surface area contributed by atoms with E-state index in [4.69, 9.17) is 17.3 Å². The van der Waals surface area contributed by atoms with Gasteiger partial charge in [-0.1, -0.05) is 11.6 Å². The normalized spacial score (nSPS) is 20.6. The minimum atomic E-state index is -0.240. The van der Waals surface area contributed by atoms with Gasteiger partial charge in [-0.2, -0.15) is 0 Å². The summed E-state index contributed by atoms with van der Waals surface area (Å²) in [6, 6.07) is 4.53. The van der Waals surface area contributed by atoms with Gasteiger partial charge < -0.3 is 5.73 Å². The molecule has 3 heteroatoms. The van der Waals surface area contributed by atoms with Crippen molar-refractivity contribution < 1.29 is 4.39 Å². The molecule has 0 aromatic heterocycles. The van der Waals surface area contributed by atoms with Crippen molar-refractivity contribution in [3.05, 3.63) is 34.6 Å². The fourth-order valence-corrected chi connectivity index (χ4v) is 2.29. The van der Waals surface area contributed by atoms with Crippen LogP contribution in [0.2, 0.25) is 5.02 Å². The molecule has 2 N–H and O–H groups in total. The molecule has 1 saturated carbocycles. The lowest BCUT2D eigenvalue weighted by Crippen LogP contribution is -2.31. The zero-order chi connectivity index (χ0) is 10.3. The molecule has 76 valence electrons. The Balaban J connectivity index is 2.46. The standard InChI is InChI=1S/C11H13ClFN/c1-7(14)11(4-5-11)9-6-8(13)2-3-10(9)12/h2-3,6-7H,4-5,14H2,1H3. The largest absolute Gasteiger partial charge is 0.327 e. The van der Waals surface area contributed by atoms with E-state index in [2.05, 4.69) is 0 Å². The van der Waals surface area contributed by atoms with Crippen molar-refractivity contribution in [2.45, 2.75) is 31.2 Å². The summed E-state index contributed by atoms with van der Waals surface area (Å²) >= 11 is 6.04. The molecule has 2 rings (SSSR count). The Hall–Kier alpha value is -0.600. The first-order valence-electron chi connectivity index (χ1n) is 4.77. The van der Waals surface area contributed by atoms with Gasteiger partial charge in [0.2, 0.25) is 0 Å². The summed E-state index contributed by atoms with van der Waals surface area (Å²) in [6.07, 6.45) is 2.02. The lowest BCUT2D eigenvalue weighted by atomic mass is 9.89. The second-order valence-electron chi connectivity index (χ2n) is 4.07. The fourth-order valence-electron chi connectivity index (χ4n) is 1.98. The molecular formula is C11H13ClFN. The van der Waals surface area contributed by atoms with Crippen molar-refractivity contribution >= 4 is 11.6 Å². The molecule has 14 heavy (non-hydrogen) atoms. The van der Waals surface area contributed by atoms with Crippen LogP contribution in [-0.4, -0.2) is 6.04 Å². The van der Waals surface area contributed by atoms with Crippen LogP contribution in [0.4, 0.5) is 4.39 Å². The van der Waals surface area contributed by atoms with Gasteiger partial charge in [-0.3, -0.25) is 0 Å². The van der Waals surface area contributed by atoms with E-state index in [1.807, 2.05) is 6.92 Å². The van der Waals surface area contributed by atoms with Crippen LogP contribution in [0, 0.1) is 5.82 Å². The van der Waals surface area contributed by atoms with Crippen LogP contribution in [0.5, 0.6) is 0 Å². The Kier molecular flexibility index (Phi) is 2.28. The minimum absolute atomic E-state index is 0.0294. The maximum Gasteiger partial charge on any atom is 0.123 e. The molecular weight excluding hydrogens is 201 g/mol. The predicted molar refractivity (Wildman–Crippen MR) is 56.0 cm³/mol. The highest BCUT2D eigenvalue weighted by Gasteiger charge is 2.48. The molecule has 1 atom stereocenters. The number of hydrogen-bond acceptors (Lipinski definition) is 1. The Bertz CT molecular complexity index is 358. The highest BCUT2D eigenvalue weighted by atomic mass is 35.5.